The maximum Gasteiger partial charge on any atom is 0.179 e. The molecule has 13 aromatic rings. The van der Waals surface area contributed by atoms with Crippen molar-refractivity contribution in [1.29, 1.82) is 0 Å². The number of benzene rings is 10. The summed E-state index contributed by atoms with van der Waals surface area (Å²) in [4.78, 5) is 0. The first-order valence-electron chi connectivity index (χ1n) is 22.0. The van der Waals surface area contributed by atoms with Gasteiger partial charge in [0.15, 0.2) is 8.07 Å². The van der Waals surface area contributed by atoms with E-state index in [0.717, 1.165) is 44.4 Å². The third-order valence-electron chi connectivity index (χ3n) is 13.5. The number of para-hydroxylation sites is 3. The van der Waals surface area contributed by atoms with Gasteiger partial charge in [-0.05, 0) is 98.6 Å². The van der Waals surface area contributed by atoms with Gasteiger partial charge in [-0.25, -0.2) is 0 Å². The lowest BCUT2D eigenvalue weighted by Gasteiger charge is -2.34. The van der Waals surface area contributed by atoms with Crippen molar-refractivity contribution in [2.24, 2.45) is 0 Å². The van der Waals surface area contributed by atoms with E-state index in [1.165, 1.54) is 64.4 Å². The molecular formula is C60H40N2OSi. The van der Waals surface area contributed by atoms with E-state index in [1.807, 2.05) is 12.1 Å². The van der Waals surface area contributed by atoms with Crippen LogP contribution < -0.4 is 20.7 Å². The summed E-state index contributed by atoms with van der Waals surface area (Å²) in [6.07, 6.45) is 0. The van der Waals surface area contributed by atoms with Crippen molar-refractivity contribution in [2.75, 3.05) is 0 Å². The Kier molecular flexibility index (Phi) is 8.23. The summed E-state index contributed by atoms with van der Waals surface area (Å²) in [5.74, 6) is 0. The Labute approximate surface area is 371 Å². The average molecular weight is 833 g/mol. The van der Waals surface area contributed by atoms with Crippen molar-refractivity contribution >= 4 is 94.4 Å². The van der Waals surface area contributed by atoms with E-state index in [-0.39, 0.29) is 0 Å². The van der Waals surface area contributed by atoms with Gasteiger partial charge in [0, 0.05) is 43.7 Å². The van der Waals surface area contributed by atoms with Crippen LogP contribution in [0.3, 0.4) is 0 Å². The maximum absolute atomic E-state index is 6.30. The first-order chi connectivity index (χ1) is 31.7. The molecule has 3 nitrogen and oxygen atoms in total. The van der Waals surface area contributed by atoms with Gasteiger partial charge in [0.2, 0.25) is 0 Å². The highest BCUT2D eigenvalue weighted by molar-refractivity contribution is 7.19. The number of hydrogen-bond acceptors (Lipinski definition) is 1. The van der Waals surface area contributed by atoms with Crippen LogP contribution >= 0.6 is 0 Å². The minimum atomic E-state index is -2.68. The van der Waals surface area contributed by atoms with Gasteiger partial charge in [-0.15, -0.1) is 0 Å². The fourth-order valence-electron chi connectivity index (χ4n) is 10.6. The molecule has 0 unspecified atom stereocenters. The second-order valence-electron chi connectivity index (χ2n) is 16.8. The standard InChI is InChI=1S/C60H40N2OSi/c1-4-16-45(17-5-1)64(46-18-6-2-7-19-46,47-20-8-3-9-21-47)48-33-30-43(31-34-48)61-55-25-13-10-22-49(55)51-36-32-44(40-58(51)61)62-56-26-14-11-23-50(56)54-38-41(29-37-57(54)62)42-28-35-53-52-24-12-15-27-59(52)63-60(53)39-42/h1-40H. The maximum atomic E-state index is 6.30. The number of rotatable bonds is 7. The quantitative estimate of drug-likeness (QED) is 0.116. The first-order valence-corrected chi connectivity index (χ1v) is 24.0. The number of furan rings is 1. The van der Waals surface area contributed by atoms with Gasteiger partial charge in [0.25, 0.3) is 0 Å². The van der Waals surface area contributed by atoms with Crippen LogP contribution in [0.1, 0.15) is 0 Å². The molecule has 0 aliphatic rings. The highest BCUT2D eigenvalue weighted by Crippen LogP contribution is 2.39. The molecule has 0 saturated heterocycles. The second-order valence-corrected chi connectivity index (χ2v) is 20.7. The fourth-order valence-corrected chi connectivity index (χ4v) is 15.4. The van der Waals surface area contributed by atoms with Gasteiger partial charge in [-0.1, -0.05) is 176 Å². The van der Waals surface area contributed by atoms with Gasteiger partial charge in [0.05, 0.1) is 22.1 Å². The Morgan fingerprint density at radius 3 is 1.36 bits per heavy atom. The van der Waals surface area contributed by atoms with E-state index < -0.39 is 8.07 Å². The van der Waals surface area contributed by atoms with Crippen LogP contribution in [-0.4, -0.2) is 17.2 Å². The molecule has 0 saturated carbocycles. The predicted molar refractivity (Wildman–Crippen MR) is 271 cm³/mol. The average Bonchev–Trinajstić information content (AvgIpc) is 4.02. The monoisotopic (exact) mass is 832 g/mol. The largest absolute Gasteiger partial charge is 0.456 e. The molecule has 300 valence electrons. The normalized spacial score (nSPS) is 12.1. The predicted octanol–water partition coefficient (Wildman–Crippen LogP) is 12.8. The number of fused-ring (bicyclic) bond motifs is 9. The number of hydrogen-bond donors (Lipinski definition) is 0. The molecule has 0 aliphatic carbocycles. The Balaban J connectivity index is 0.975. The third-order valence-corrected chi connectivity index (χ3v) is 18.3. The molecule has 64 heavy (non-hydrogen) atoms. The highest BCUT2D eigenvalue weighted by Gasteiger charge is 2.41. The van der Waals surface area contributed by atoms with Crippen molar-refractivity contribution in [3.05, 3.63) is 243 Å². The molecule has 0 radical (unpaired) electrons. The minimum absolute atomic E-state index is 0.907. The zero-order valence-electron chi connectivity index (χ0n) is 34.9. The SMILES string of the molecule is c1ccc([Si](c2ccccc2)(c2ccccc2)c2ccc(-n3c4ccccc4c4ccc(-n5c6ccccc6c6cc(-c7ccc8c(c7)oc7ccccc78)ccc65)cc43)cc2)cc1. The molecule has 4 heteroatoms. The second kappa shape index (κ2) is 14.5. The van der Waals surface area contributed by atoms with Crippen LogP contribution in [0, 0.1) is 0 Å². The topological polar surface area (TPSA) is 23.0 Å². The van der Waals surface area contributed by atoms with Gasteiger partial charge < -0.3 is 13.6 Å². The molecule has 0 bridgehead atoms. The molecule has 0 N–H and O–H groups in total. The third kappa shape index (κ3) is 5.46. The lowest BCUT2D eigenvalue weighted by Crippen LogP contribution is -2.74. The minimum Gasteiger partial charge on any atom is -0.456 e. The van der Waals surface area contributed by atoms with Gasteiger partial charge >= 0.3 is 0 Å². The summed E-state index contributed by atoms with van der Waals surface area (Å²) in [6.45, 7) is 0. The Morgan fingerprint density at radius 1 is 0.266 bits per heavy atom. The molecule has 0 atom stereocenters. The van der Waals surface area contributed by atoms with Crippen molar-refractivity contribution < 1.29 is 4.42 Å². The molecule has 0 fully saturated rings. The summed E-state index contributed by atoms with van der Waals surface area (Å²) >= 11 is 0. The summed E-state index contributed by atoms with van der Waals surface area (Å²) in [5, 5.41) is 12.7. The molecule has 0 aliphatic heterocycles. The fraction of sp³-hybridized carbons (Fsp3) is 0. The number of aromatic nitrogens is 2. The van der Waals surface area contributed by atoms with E-state index in [4.69, 9.17) is 4.42 Å². The van der Waals surface area contributed by atoms with Crippen molar-refractivity contribution in [1.82, 2.24) is 9.13 Å². The van der Waals surface area contributed by atoms with Crippen LogP contribution in [0.5, 0.6) is 0 Å². The number of nitrogens with zero attached hydrogens (tertiary/aromatic N) is 2. The van der Waals surface area contributed by atoms with E-state index in [0.29, 0.717) is 0 Å². The molecule has 10 aromatic carbocycles. The van der Waals surface area contributed by atoms with Crippen molar-refractivity contribution in [3.8, 4) is 22.5 Å². The molecule has 0 amide bonds. The van der Waals surface area contributed by atoms with Gasteiger partial charge in [0.1, 0.15) is 11.2 Å². The summed E-state index contributed by atoms with van der Waals surface area (Å²) in [7, 11) is -2.68. The first kappa shape index (κ1) is 36.5. The van der Waals surface area contributed by atoms with Crippen LogP contribution in [0.4, 0.5) is 0 Å². The Hall–Kier alpha value is -8.18. The molecule has 3 heterocycles. The summed E-state index contributed by atoms with van der Waals surface area (Å²) < 4.78 is 11.2. The van der Waals surface area contributed by atoms with E-state index >= 15 is 0 Å². The van der Waals surface area contributed by atoms with E-state index in [1.54, 1.807) is 0 Å². The Morgan fingerprint density at radius 2 is 0.703 bits per heavy atom. The van der Waals surface area contributed by atoms with Crippen LogP contribution in [0.2, 0.25) is 0 Å². The van der Waals surface area contributed by atoms with Gasteiger partial charge in [-0.3, -0.25) is 0 Å². The van der Waals surface area contributed by atoms with Crippen LogP contribution in [0.25, 0.3) is 88.1 Å². The molecule has 13 rings (SSSR count). The Bertz CT molecular complexity index is 3790. The smallest absolute Gasteiger partial charge is 0.179 e. The van der Waals surface area contributed by atoms with E-state index in [2.05, 4.69) is 240 Å². The zero-order valence-corrected chi connectivity index (χ0v) is 35.9. The van der Waals surface area contributed by atoms with Gasteiger partial charge in [-0.2, -0.15) is 0 Å². The van der Waals surface area contributed by atoms with Crippen LogP contribution in [-0.2, 0) is 0 Å². The zero-order chi connectivity index (χ0) is 42.2. The lowest BCUT2D eigenvalue weighted by molar-refractivity contribution is 0.669. The molecule has 0 spiro atoms. The summed E-state index contributed by atoms with van der Waals surface area (Å²) in [6, 6.07) is 89.3. The van der Waals surface area contributed by atoms with Crippen molar-refractivity contribution in [3.63, 3.8) is 0 Å². The highest BCUT2D eigenvalue weighted by atomic mass is 28.3. The van der Waals surface area contributed by atoms with E-state index in [9.17, 15) is 0 Å². The van der Waals surface area contributed by atoms with Crippen molar-refractivity contribution in [2.45, 2.75) is 0 Å². The lowest BCUT2D eigenvalue weighted by atomic mass is 10.0. The molecule has 3 aromatic heterocycles. The molecular weight excluding hydrogens is 793 g/mol. The van der Waals surface area contributed by atoms with Crippen LogP contribution in [0.15, 0.2) is 247 Å². The summed E-state index contributed by atoms with van der Waals surface area (Å²) in [5.41, 5.74) is 11.1.